The lowest BCUT2D eigenvalue weighted by Crippen LogP contribution is -2.62. The molecule has 2 fully saturated rings. The van der Waals surface area contributed by atoms with Crippen LogP contribution < -0.4 is 10.1 Å². The number of carbonyl (C=O) groups is 1. The van der Waals surface area contributed by atoms with Gasteiger partial charge in [-0.25, -0.2) is 9.78 Å². The van der Waals surface area contributed by atoms with Crippen LogP contribution in [0.2, 0.25) is 0 Å². The van der Waals surface area contributed by atoms with Crippen molar-refractivity contribution in [3.05, 3.63) is 42.1 Å². The van der Waals surface area contributed by atoms with E-state index in [-0.39, 0.29) is 6.03 Å². The van der Waals surface area contributed by atoms with Crippen LogP contribution in [0.15, 0.2) is 36.5 Å². The van der Waals surface area contributed by atoms with Crippen LogP contribution in [0.25, 0.3) is 11.1 Å². The van der Waals surface area contributed by atoms with E-state index in [2.05, 4.69) is 17.2 Å². The number of benzene rings is 1. The van der Waals surface area contributed by atoms with Crippen molar-refractivity contribution in [2.45, 2.75) is 44.7 Å². The molecule has 1 N–H and O–H groups in total. The molecule has 5 nitrogen and oxygen atoms in total. The Bertz CT molecular complexity index is 774. The van der Waals surface area contributed by atoms with Gasteiger partial charge in [0.05, 0.1) is 7.11 Å². The summed E-state index contributed by atoms with van der Waals surface area (Å²) in [5.41, 5.74) is 4.05. The van der Waals surface area contributed by atoms with E-state index >= 15 is 0 Å². The molecular formula is C20H23N3O2. The molecule has 2 saturated heterocycles. The lowest BCUT2D eigenvalue weighted by atomic mass is 9.80. The summed E-state index contributed by atoms with van der Waals surface area (Å²) in [6.07, 6.45) is 6.50. The molecule has 0 radical (unpaired) electrons. The Balaban J connectivity index is 1.53. The van der Waals surface area contributed by atoms with Gasteiger partial charge in [0.2, 0.25) is 5.88 Å². The molecule has 2 bridgehead atoms. The van der Waals surface area contributed by atoms with Crippen molar-refractivity contribution < 1.29 is 9.53 Å². The number of fused-ring (bicyclic) bond motifs is 2. The zero-order valence-electron chi connectivity index (χ0n) is 14.7. The first-order chi connectivity index (χ1) is 12.2. The van der Waals surface area contributed by atoms with Crippen molar-refractivity contribution in [3.8, 4) is 17.0 Å². The Morgan fingerprint density at radius 2 is 2.04 bits per heavy atom. The number of nitrogens with zero attached hydrogens (tertiary/aromatic N) is 2. The Hall–Kier alpha value is -2.56. The predicted octanol–water partition coefficient (Wildman–Crippen LogP) is 4.22. The zero-order valence-corrected chi connectivity index (χ0v) is 14.7. The Morgan fingerprint density at radius 3 is 2.68 bits per heavy atom. The fourth-order valence-corrected chi connectivity index (χ4v) is 4.00. The molecule has 5 heteroatoms. The quantitative estimate of drug-likeness (QED) is 0.912. The Morgan fingerprint density at radius 1 is 1.24 bits per heavy atom. The molecule has 2 atom stereocenters. The number of methoxy groups -OCH3 is 1. The van der Waals surface area contributed by atoms with Crippen LogP contribution in [0, 0.1) is 6.92 Å². The Labute approximate surface area is 148 Å². The molecule has 4 rings (SSSR count). The van der Waals surface area contributed by atoms with Gasteiger partial charge in [0.25, 0.3) is 0 Å². The molecule has 2 aliphatic heterocycles. The summed E-state index contributed by atoms with van der Waals surface area (Å²) in [4.78, 5) is 18.9. The summed E-state index contributed by atoms with van der Waals surface area (Å²) >= 11 is 0. The van der Waals surface area contributed by atoms with E-state index in [0.717, 1.165) is 35.2 Å². The number of amides is 2. The van der Waals surface area contributed by atoms with Gasteiger partial charge < -0.3 is 15.0 Å². The number of hydrogen-bond donors (Lipinski definition) is 1. The minimum absolute atomic E-state index is 0.0311. The number of aryl methyl sites for hydroxylation is 1. The number of rotatable bonds is 3. The van der Waals surface area contributed by atoms with Gasteiger partial charge in [-0.05, 0) is 61.9 Å². The van der Waals surface area contributed by atoms with Gasteiger partial charge in [-0.3, -0.25) is 0 Å². The molecule has 3 heterocycles. The third-order valence-electron chi connectivity index (χ3n) is 5.39. The van der Waals surface area contributed by atoms with E-state index in [1.165, 1.54) is 12.8 Å². The minimum atomic E-state index is 0.0311. The number of nitrogens with one attached hydrogen (secondary N) is 1. The fraction of sp³-hybridized carbons (Fsp3) is 0.400. The highest BCUT2D eigenvalue weighted by Crippen LogP contribution is 2.38. The molecular weight excluding hydrogens is 314 g/mol. The summed E-state index contributed by atoms with van der Waals surface area (Å²) < 4.78 is 5.12. The van der Waals surface area contributed by atoms with Crippen LogP contribution in [0.3, 0.4) is 0 Å². The molecule has 1 aromatic heterocycles. The second-order valence-corrected chi connectivity index (χ2v) is 6.93. The summed E-state index contributed by atoms with van der Waals surface area (Å²) in [5.74, 6) is 0.593. The molecule has 2 aliphatic rings. The van der Waals surface area contributed by atoms with Crippen LogP contribution in [-0.2, 0) is 0 Å². The topological polar surface area (TPSA) is 54.5 Å². The van der Waals surface area contributed by atoms with Crippen molar-refractivity contribution in [2.75, 3.05) is 12.4 Å². The van der Waals surface area contributed by atoms with E-state index < -0.39 is 0 Å². The van der Waals surface area contributed by atoms with E-state index in [1.54, 1.807) is 13.3 Å². The highest BCUT2D eigenvalue weighted by atomic mass is 16.5. The number of carbonyl (C=O) groups excluding carboxylic acids is 1. The van der Waals surface area contributed by atoms with Crippen molar-refractivity contribution in [1.82, 2.24) is 9.88 Å². The predicted molar refractivity (Wildman–Crippen MR) is 97.9 cm³/mol. The van der Waals surface area contributed by atoms with Gasteiger partial charge in [0, 0.05) is 35.6 Å². The van der Waals surface area contributed by atoms with Crippen LogP contribution in [0.5, 0.6) is 5.88 Å². The van der Waals surface area contributed by atoms with Crippen molar-refractivity contribution in [3.63, 3.8) is 0 Å². The van der Waals surface area contributed by atoms with E-state index in [1.807, 2.05) is 35.2 Å². The number of ether oxygens (including phenoxy) is 1. The number of piperidine rings is 1. The largest absolute Gasteiger partial charge is 0.481 e. The first kappa shape index (κ1) is 15.9. The molecule has 25 heavy (non-hydrogen) atoms. The van der Waals surface area contributed by atoms with Gasteiger partial charge in [-0.15, -0.1) is 0 Å². The number of hydrogen-bond acceptors (Lipinski definition) is 3. The summed E-state index contributed by atoms with van der Waals surface area (Å²) in [7, 11) is 1.61. The minimum Gasteiger partial charge on any atom is -0.481 e. The lowest BCUT2D eigenvalue weighted by molar-refractivity contribution is 0.0173. The maximum absolute atomic E-state index is 12.6. The molecule has 2 amide bonds. The SMILES string of the molecule is COc1ccc(-c2cc(NC(=O)N3C4CCCC3C4)ccc2C)cn1. The molecule has 2 unspecified atom stereocenters. The lowest BCUT2D eigenvalue weighted by Gasteiger charge is -2.52. The highest BCUT2D eigenvalue weighted by Gasteiger charge is 2.44. The third-order valence-corrected chi connectivity index (χ3v) is 5.39. The average Bonchev–Trinajstić information content (AvgIpc) is 2.64. The average molecular weight is 337 g/mol. The number of pyridine rings is 1. The van der Waals surface area contributed by atoms with Crippen molar-refractivity contribution in [1.29, 1.82) is 0 Å². The summed E-state index contributed by atoms with van der Waals surface area (Å²) in [6.45, 7) is 2.06. The summed E-state index contributed by atoms with van der Waals surface area (Å²) in [5, 5.41) is 3.07. The smallest absolute Gasteiger partial charge is 0.322 e. The number of urea groups is 1. The fourth-order valence-electron chi connectivity index (χ4n) is 4.00. The normalized spacial score (nSPS) is 21.4. The van der Waals surface area contributed by atoms with E-state index in [9.17, 15) is 4.79 Å². The Kier molecular flexibility index (Phi) is 4.07. The van der Waals surface area contributed by atoms with Crippen LogP contribution >= 0.6 is 0 Å². The molecule has 0 aliphatic carbocycles. The maximum Gasteiger partial charge on any atom is 0.322 e. The number of aromatic nitrogens is 1. The van der Waals surface area contributed by atoms with Gasteiger partial charge >= 0.3 is 6.03 Å². The van der Waals surface area contributed by atoms with Crippen molar-refractivity contribution in [2.24, 2.45) is 0 Å². The van der Waals surface area contributed by atoms with Crippen LogP contribution in [-0.4, -0.2) is 35.1 Å². The van der Waals surface area contributed by atoms with Crippen molar-refractivity contribution >= 4 is 11.7 Å². The second-order valence-electron chi connectivity index (χ2n) is 6.93. The number of anilines is 1. The third kappa shape index (κ3) is 2.95. The molecule has 130 valence electrons. The standard InChI is InChI=1S/C20H23N3O2/c1-13-6-8-15(10-18(13)14-7-9-19(25-2)21-12-14)22-20(24)23-16-4-3-5-17(23)11-16/h6-10,12,16-17H,3-5,11H2,1-2H3,(H,22,24). The highest BCUT2D eigenvalue weighted by molar-refractivity contribution is 5.91. The van der Waals surface area contributed by atoms with E-state index in [0.29, 0.717) is 18.0 Å². The van der Waals surface area contributed by atoms with Crippen LogP contribution in [0.1, 0.15) is 31.2 Å². The molecule has 1 aromatic carbocycles. The first-order valence-corrected chi connectivity index (χ1v) is 8.86. The summed E-state index contributed by atoms with van der Waals surface area (Å²) in [6, 6.07) is 10.8. The van der Waals surface area contributed by atoms with Gasteiger partial charge in [-0.1, -0.05) is 6.07 Å². The monoisotopic (exact) mass is 337 g/mol. The maximum atomic E-state index is 12.6. The molecule has 2 aromatic rings. The van der Waals surface area contributed by atoms with Gasteiger partial charge in [-0.2, -0.15) is 0 Å². The van der Waals surface area contributed by atoms with Crippen LogP contribution in [0.4, 0.5) is 10.5 Å². The molecule has 0 spiro atoms. The second kappa shape index (κ2) is 6.39. The van der Waals surface area contributed by atoms with E-state index in [4.69, 9.17) is 4.74 Å². The zero-order chi connectivity index (χ0) is 17.4. The molecule has 0 saturated carbocycles. The van der Waals surface area contributed by atoms with Gasteiger partial charge in [0.15, 0.2) is 0 Å². The van der Waals surface area contributed by atoms with Gasteiger partial charge in [0.1, 0.15) is 0 Å². The first-order valence-electron chi connectivity index (χ1n) is 8.86.